The summed E-state index contributed by atoms with van der Waals surface area (Å²) >= 11 is 0. The zero-order valence-electron chi connectivity index (χ0n) is 14.2. The molecule has 0 spiro atoms. The Kier molecular flexibility index (Phi) is 6.81. The fourth-order valence-corrected chi connectivity index (χ4v) is 2.53. The lowest BCUT2D eigenvalue weighted by Crippen LogP contribution is -2.11. The molecule has 2 atom stereocenters. The third-order valence-corrected chi connectivity index (χ3v) is 3.81. The summed E-state index contributed by atoms with van der Waals surface area (Å²) in [5.41, 5.74) is 3.28. The van der Waals surface area contributed by atoms with Crippen molar-refractivity contribution in [3.8, 4) is 0 Å². The number of esters is 1. The van der Waals surface area contributed by atoms with Gasteiger partial charge >= 0.3 is 5.97 Å². The molecule has 1 aliphatic heterocycles. The molecule has 0 aromatic heterocycles. The smallest absolute Gasteiger partial charge is 0.330 e. The van der Waals surface area contributed by atoms with Gasteiger partial charge < -0.3 is 14.2 Å². The van der Waals surface area contributed by atoms with E-state index in [-0.39, 0.29) is 18.2 Å². The summed E-state index contributed by atoms with van der Waals surface area (Å²) < 4.78 is 16.3. The van der Waals surface area contributed by atoms with Crippen molar-refractivity contribution in [2.45, 2.75) is 45.8 Å². The number of aryl methyl sites for hydroxylation is 1. The van der Waals surface area contributed by atoms with Crippen LogP contribution in [0.15, 0.2) is 24.3 Å². The van der Waals surface area contributed by atoms with Crippen molar-refractivity contribution in [2.75, 3.05) is 19.8 Å². The first-order valence-electron chi connectivity index (χ1n) is 8.33. The van der Waals surface area contributed by atoms with Crippen LogP contribution in [0.3, 0.4) is 0 Å². The van der Waals surface area contributed by atoms with Crippen molar-refractivity contribution in [3.63, 3.8) is 0 Å². The molecular formula is C19H26O4. The van der Waals surface area contributed by atoms with E-state index in [1.807, 2.05) is 25.1 Å². The Hall–Kier alpha value is -1.65. The fourth-order valence-electron chi connectivity index (χ4n) is 2.53. The van der Waals surface area contributed by atoms with Crippen molar-refractivity contribution in [1.82, 2.24) is 0 Å². The van der Waals surface area contributed by atoms with Gasteiger partial charge in [0.05, 0.1) is 25.9 Å². The first kappa shape index (κ1) is 17.7. The molecule has 4 heteroatoms. The maximum absolute atomic E-state index is 11.6. The van der Waals surface area contributed by atoms with Crippen molar-refractivity contribution >= 4 is 12.0 Å². The molecule has 1 fully saturated rings. The predicted molar refractivity (Wildman–Crippen MR) is 90.2 cm³/mol. The van der Waals surface area contributed by atoms with E-state index in [2.05, 4.69) is 13.0 Å². The summed E-state index contributed by atoms with van der Waals surface area (Å²) in [4.78, 5) is 11.6. The molecule has 2 rings (SSSR count). The zero-order chi connectivity index (χ0) is 16.7. The largest absolute Gasteiger partial charge is 0.463 e. The SMILES string of the molecule is CCC[C@@H](OC[C@H]1CO1)c1cccc(C)c1/C=C/C(=O)OCC. The van der Waals surface area contributed by atoms with Crippen molar-refractivity contribution in [2.24, 2.45) is 0 Å². The molecule has 1 saturated heterocycles. The van der Waals surface area contributed by atoms with Crippen LogP contribution >= 0.6 is 0 Å². The number of hydrogen-bond donors (Lipinski definition) is 0. The van der Waals surface area contributed by atoms with Gasteiger partial charge in [-0.1, -0.05) is 31.5 Å². The Bertz CT molecular complexity index is 546. The van der Waals surface area contributed by atoms with Crippen LogP contribution in [0.25, 0.3) is 6.08 Å². The topological polar surface area (TPSA) is 48.1 Å². The van der Waals surface area contributed by atoms with Crippen LogP contribution < -0.4 is 0 Å². The fraction of sp³-hybridized carbons (Fsp3) is 0.526. The highest BCUT2D eigenvalue weighted by atomic mass is 16.6. The van der Waals surface area contributed by atoms with E-state index in [0.29, 0.717) is 13.2 Å². The maximum Gasteiger partial charge on any atom is 0.330 e. The third-order valence-electron chi connectivity index (χ3n) is 3.81. The predicted octanol–water partition coefficient (Wildman–Crippen LogP) is 3.83. The first-order valence-corrected chi connectivity index (χ1v) is 8.33. The lowest BCUT2D eigenvalue weighted by Gasteiger charge is -2.20. The normalized spacial score (nSPS) is 18.1. The molecule has 0 amide bonds. The highest BCUT2D eigenvalue weighted by Crippen LogP contribution is 2.30. The standard InChI is InChI=1S/C19H26O4/c1-4-7-18(23-13-15-12-22-15)17-9-6-8-14(3)16(17)10-11-19(20)21-5-2/h6,8-11,15,18H,4-5,7,12-13H2,1-3H3/b11-10+/t15-,18-/m1/s1. The molecule has 0 saturated carbocycles. The van der Waals surface area contributed by atoms with Gasteiger partial charge in [0, 0.05) is 6.08 Å². The number of rotatable bonds is 9. The molecule has 0 aliphatic carbocycles. The molecule has 1 aromatic rings. The second kappa shape index (κ2) is 8.85. The van der Waals surface area contributed by atoms with Crippen LogP contribution in [0.1, 0.15) is 49.5 Å². The van der Waals surface area contributed by atoms with Crippen molar-refractivity contribution in [3.05, 3.63) is 41.0 Å². The van der Waals surface area contributed by atoms with Gasteiger partial charge in [-0.2, -0.15) is 0 Å². The van der Waals surface area contributed by atoms with E-state index in [0.717, 1.165) is 36.1 Å². The van der Waals surface area contributed by atoms with Crippen LogP contribution in [-0.2, 0) is 19.0 Å². The number of epoxide rings is 1. The van der Waals surface area contributed by atoms with E-state index in [9.17, 15) is 4.79 Å². The third kappa shape index (κ3) is 5.48. The van der Waals surface area contributed by atoms with E-state index in [4.69, 9.17) is 14.2 Å². The Morgan fingerprint density at radius 1 is 1.43 bits per heavy atom. The van der Waals surface area contributed by atoms with Gasteiger partial charge in [0.25, 0.3) is 0 Å². The molecule has 23 heavy (non-hydrogen) atoms. The molecule has 4 nitrogen and oxygen atoms in total. The van der Waals surface area contributed by atoms with E-state index >= 15 is 0 Å². The Morgan fingerprint density at radius 2 is 2.22 bits per heavy atom. The van der Waals surface area contributed by atoms with Crippen molar-refractivity contribution in [1.29, 1.82) is 0 Å². The van der Waals surface area contributed by atoms with Gasteiger partial charge in [-0.05, 0) is 43.0 Å². The average molecular weight is 318 g/mol. The van der Waals surface area contributed by atoms with Gasteiger partial charge in [0.1, 0.15) is 6.10 Å². The van der Waals surface area contributed by atoms with Gasteiger partial charge in [-0.25, -0.2) is 4.79 Å². The van der Waals surface area contributed by atoms with Gasteiger partial charge in [0.2, 0.25) is 0 Å². The number of carbonyl (C=O) groups excluding carboxylic acids is 1. The second-order valence-electron chi connectivity index (χ2n) is 5.73. The van der Waals surface area contributed by atoms with Crippen LogP contribution in [0.5, 0.6) is 0 Å². The van der Waals surface area contributed by atoms with Crippen LogP contribution in [0.2, 0.25) is 0 Å². The molecule has 1 heterocycles. The molecule has 0 bridgehead atoms. The number of ether oxygens (including phenoxy) is 3. The second-order valence-corrected chi connectivity index (χ2v) is 5.73. The molecule has 1 aliphatic rings. The molecule has 0 unspecified atom stereocenters. The van der Waals surface area contributed by atoms with Crippen LogP contribution in [-0.4, -0.2) is 31.9 Å². The Balaban J connectivity index is 2.20. The summed E-state index contributed by atoms with van der Waals surface area (Å²) in [6.45, 7) is 7.79. The maximum atomic E-state index is 11.6. The summed E-state index contributed by atoms with van der Waals surface area (Å²) in [6, 6.07) is 6.15. The average Bonchev–Trinajstić information content (AvgIpc) is 3.34. The quantitative estimate of drug-likeness (QED) is 0.394. The summed E-state index contributed by atoms with van der Waals surface area (Å²) in [5.74, 6) is -0.318. The van der Waals surface area contributed by atoms with Gasteiger partial charge in [-0.15, -0.1) is 0 Å². The highest BCUT2D eigenvalue weighted by molar-refractivity contribution is 5.87. The Morgan fingerprint density at radius 3 is 2.87 bits per heavy atom. The minimum absolute atomic E-state index is 0.0194. The van der Waals surface area contributed by atoms with Gasteiger partial charge in [-0.3, -0.25) is 0 Å². The molecular weight excluding hydrogens is 292 g/mol. The summed E-state index contributed by atoms with van der Waals surface area (Å²) in [6.07, 6.45) is 5.57. The lowest BCUT2D eigenvalue weighted by atomic mass is 9.95. The zero-order valence-corrected chi connectivity index (χ0v) is 14.2. The molecule has 0 radical (unpaired) electrons. The molecule has 126 valence electrons. The van der Waals surface area contributed by atoms with Crippen LogP contribution in [0, 0.1) is 6.92 Å². The van der Waals surface area contributed by atoms with E-state index in [1.165, 1.54) is 6.08 Å². The van der Waals surface area contributed by atoms with Crippen molar-refractivity contribution < 1.29 is 19.0 Å². The van der Waals surface area contributed by atoms with E-state index in [1.54, 1.807) is 6.92 Å². The highest BCUT2D eigenvalue weighted by Gasteiger charge is 2.25. The molecule has 1 aromatic carbocycles. The van der Waals surface area contributed by atoms with E-state index < -0.39 is 0 Å². The number of carbonyl (C=O) groups is 1. The summed E-state index contributed by atoms with van der Waals surface area (Å²) in [5, 5.41) is 0. The summed E-state index contributed by atoms with van der Waals surface area (Å²) in [7, 11) is 0. The number of benzene rings is 1. The number of hydrogen-bond acceptors (Lipinski definition) is 4. The monoisotopic (exact) mass is 318 g/mol. The Labute approximate surface area is 138 Å². The van der Waals surface area contributed by atoms with Gasteiger partial charge in [0.15, 0.2) is 0 Å². The first-order chi connectivity index (χ1) is 11.2. The lowest BCUT2D eigenvalue weighted by molar-refractivity contribution is -0.137. The minimum Gasteiger partial charge on any atom is -0.463 e. The van der Waals surface area contributed by atoms with Crippen LogP contribution in [0.4, 0.5) is 0 Å². The molecule has 0 N–H and O–H groups in total. The minimum atomic E-state index is -0.318.